The van der Waals surface area contributed by atoms with Crippen LogP contribution in [-0.4, -0.2) is 31.8 Å². The van der Waals surface area contributed by atoms with Crippen molar-refractivity contribution in [1.29, 1.82) is 0 Å². The Morgan fingerprint density at radius 3 is 2.41 bits per heavy atom. The van der Waals surface area contributed by atoms with Crippen LogP contribution in [0.25, 0.3) is 0 Å². The summed E-state index contributed by atoms with van der Waals surface area (Å²) in [6.45, 7) is 6.06. The molecule has 4 nitrogen and oxygen atoms in total. The van der Waals surface area contributed by atoms with E-state index in [9.17, 15) is 4.79 Å². The van der Waals surface area contributed by atoms with Gasteiger partial charge >= 0.3 is 0 Å². The molecule has 0 radical (unpaired) electrons. The van der Waals surface area contributed by atoms with Gasteiger partial charge in [-0.15, -0.1) is 0 Å². The highest BCUT2D eigenvalue weighted by Crippen LogP contribution is 2.34. The number of hydrogen-bond donors (Lipinski definition) is 1. The number of nitrogens with one attached hydrogen (secondary N) is 1. The highest BCUT2D eigenvalue weighted by atomic mass is 16.5. The number of ether oxygens (including phenoxy) is 2. The Morgan fingerprint density at radius 2 is 1.78 bits per heavy atom. The SMILES string of the molecule is CC[C@@H](Oc1ccc(C)cc1)C(=O)NCC1(c2ccccc2)CCOCC1. The van der Waals surface area contributed by atoms with E-state index in [0.717, 1.165) is 31.8 Å². The summed E-state index contributed by atoms with van der Waals surface area (Å²) in [7, 11) is 0. The summed E-state index contributed by atoms with van der Waals surface area (Å²) in [5.74, 6) is 0.673. The van der Waals surface area contributed by atoms with Crippen LogP contribution in [0.15, 0.2) is 54.6 Å². The van der Waals surface area contributed by atoms with Crippen molar-refractivity contribution in [1.82, 2.24) is 5.32 Å². The summed E-state index contributed by atoms with van der Waals surface area (Å²) in [6.07, 6.45) is 1.96. The first-order chi connectivity index (χ1) is 13.1. The van der Waals surface area contributed by atoms with E-state index in [1.807, 2.05) is 44.2 Å². The van der Waals surface area contributed by atoms with Gasteiger partial charge < -0.3 is 14.8 Å². The molecule has 3 rings (SSSR count). The molecule has 1 atom stereocenters. The molecule has 2 aromatic carbocycles. The maximum atomic E-state index is 12.8. The Balaban J connectivity index is 1.66. The second kappa shape index (κ2) is 9.05. The van der Waals surface area contributed by atoms with Gasteiger partial charge in [-0.3, -0.25) is 4.79 Å². The van der Waals surface area contributed by atoms with Crippen LogP contribution >= 0.6 is 0 Å². The lowest BCUT2D eigenvalue weighted by Crippen LogP contribution is -2.48. The highest BCUT2D eigenvalue weighted by molar-refractivity contribution is 5.81. The molecule has 1 saturated heterocycles. The summed E-state index contributed by atoms with van der Waals surface area (Å²) >= 11 is 0. The predicted molar refractivity (Wildman–Crippen MR) is 107 cm³/mol. The molecule has 0 bridgehead atoms. The predicted octanol–water partition coefficient (Wildman–Crippen LogP) is 4.02. The van der Waals surface area contributed by atoms with Gasteiger partial charge in [0, 0.05) is 25.2 Å². The van der Waals surface area contributed by atoms with E-state index >= 15 is 0 Å². The fourth-order valence-electron chi connectivity index (χ4n) is 3.59. The third kappa shape index (κ3) is 4.89. The molecule has 1 amide bonds. The summed E-state index contributed by atoms with van der Waals surface area (Å²) in [6, 6.07) is 18.3. The number of amides is 1. The summed E-state index contributed by atoms with van der Waals surface area (Å²) in [4.78, 5) is 12.8. The van der Waals surface area contributed by atoms with Crippen LogP contribution in [0.1, 0.15) is 37.3 Å². The molecule has 4 heteroatoms. The van der Waals surface area contributed by atoms with Crippen LogP contribution in [0.4, 0.5) is 0 Å². The zero-order chi connectivity index (χ0) is 19.1. The second-order valence-corrected chi connectivity index (χ2v) is 7.30. The van der Waals surface area contributed by atoms with Crippen molar-refractivity contribution in [3.8, 4) is 5.75 Å². The lowest BCUT2D eigenvalue weighted by molar-refractivity contribution is -0.128. The molecule has 1 heterocycles. The van der Waals surface area contributed by atoms with Crippen molar-refractivity contribution in [3.05, 3.63) is 65.7 Å². The molecule has 0 saturated carbocycles. The fraction of sp³-hybridized carbons (Fsp3) is 0.435. The summed E-state index contributed by atoms with van der Waals surface area (Å²) in [5, 5.41) is 3.15. The molecule has 1 N–H and O–H groups in total. The second-order valence-electron chi connectivity index (χ2n) is 7.30. The van der Waals surface area contributed by atoms with Gasteiger partial charge in [-0.1, -0.05) is 55.0 Å². The van der Waals surface area contributed by atoms with E-state index in [2.05, 4.69) is 29.6 Å². The number of carbonyl (C=O) groups is 1. The molecule has 0 unspecified atom stereocenters. The molecular weight excluding hydrogens is 338 g/mol. The zero-order valence-corrected chi connectivity index (χ0v) is 16.2. The molecule has 0 aliphatic carbocycles. The third-order valence-electron chi connectivity index (χ3n) is 5.40. The van der Waals surface area contributed by atoms with E-state index in [4.69, 9.17) is 9.47 Å². The average molecular weight is 367 g/mol. The first kappa shape index (κ1) is 19.4. The van der Waals surface area contributed by atoms with Gasteiger partial charge in [0.15, 0.2) is 6.10 Å². The molecule has 1 aliphatic heterocycles. The summed E-state index contributed by atoms with van der Waals surface area (Å²) in [5.41, 5.74) is 2.36. The Morgan fingerprint density at radius 1 is 1.11 bits per heavy atom. The minimum Gasteiger partial charge on any atom is -0.481 e. The lowest BCUT2D eigenvalue weighted by Gasteiger charge is -2.38. The van der Waals surface area contributed by atoms with Crippen molar-refractivity contribution < 1.29 is 14.3 Å². The van der Waals surface area contributed by atoms with Crippen LogP contribution in [-0.2, 0) is 14.9 Å². The first-order valence-corrected chi connectivity index (χ1v) is 9.77. The van der Waals surface area contributed by atoms with Gasteiger partial charge in [-0.25, -0.2) is 0 Å². The monoisotopic (exact) mass is 367 g/mol. The molecular formula is C23H29NO3. The topological polar surface area (TPSA) is 47.6 Å². The van der Waals surface area contributed by atoms with Gasteiger partial charge in [0.1, 0.15) is 5.75 Å². The highest BCUT2D eigenvalue weighted by Gasteiger charge is 2.35. The number of carbonyl (C=O) groups excluding carboxylic acids is 1. The standard InChI is InChI=1S/C23H29NO3/c1-3-21(27-20-11-9-18(2)10-12-20)22(25)24-17-23(13-15-26-16-14-23)19-7-5-4-6-8-19/h4-12,21H,3,13-17H2,1-2H3,(H,24,25)/t21-/m1/s1. The van der Waals surface area contributed by atoms with Gasteiger partial charge in [0.25, 0.3) is 5.91 Å². The van der Waals surface area contributed by atoms with Gasteiger partial charge in [0.2, 0.25) is 0 Å². The van der Waals surface area contributed by atoms with Crippen molar-refractivity contribution in [2.24, 2.45) is 0 Å². The van der Waals surface area contributed by atoms with Crippen LogP contribution in [0.5, 0.6) is 5.75 Å². The quantitative estimate of drug-likeness (QED) is 0.804. The minimum atomic E-state index is -0.486. The Hall–Kier alpha value is -2.33. The normalized spacial score (nSPS) is 17.1. The van der Waals surface area contributed by atoms with Crippen molar-refractivity contribution in [3.63, 3.8) is 0 Å². The van der Waals surface area contributed by atoms with E-state index in [0.29, 0.717) is 13.0 Å². The van der Waals surface area contributed by atoms with Crippen molar-refractivity contribution in [2.45, 2.75) is 44.6 Å². The molecule has 2 aromatic rings. The van der Waals surface area contributed by atoms with Crippen molar-refractivity contribution in [2.75, 3.05) is 19.8 Å². The van der Waals surface area contributed by atoms with Crippen LogP contribution in [0.2, 0.25) is 0 Å². The van der Waals surface area contributed by atoms with Crippen molar-refractivity contribution >= 4 is 5.91 Å². The maximum Gasteiger partial charge on any atom is 0.261 e. The van der Waals surface area contributed by atoms with E-state index in [1.165, 1.54) is 11.1 Å². The number of benzene rings is 2. The van der Waals surface area contributed by atoms with Crippen LogP contribution in [0.3, 0.4) is 0 Å². The smallest absolute Gasteiger partial charge is 0.261 e. The fourth-order valence-corrected chi connectivity index (χ4v) is 3.59. The van der Waals surface area contributed by atoms with E-state index in [-0.39, 0.29) is 11.3 Å². The minimum absolute atomic E-state index is 0.0557. The molecule has 27 heavy (non-hydrogen) atoms. The lowest BCUT2D eigenvalue weighted by atomic mass is 9.74. The van der Waals surface area contributed by atoms with Gasteiger partial charge in [-0.05, 0) is 43.9 Å². The molecule has 0 spiro atoms. The Kier molecular flexibility index (Phi) is 6.51. The zero-order valence-electron chi connectivity index (χ0n) is 16.2. The number of aryl methyl sites for hydroxylation is 1. The third-order valence-corrected chi connectivity index (χ3v) is 5.40. The molecule has 1 aliphatic rings. The average Bonchev–Trinajstić information content (AvgIpc) is 2.73. The number of hydrogen-bond acceptors (Lipinski definition) is 3. The molecule has 0 aromatic heterocycles. The Labute approximate surface area is 161 Å². The van der Waals surface area contributed by atoms with Gasteiger partial charge in [-0.2, -0.15) is 0 Å². The van der Waals surface area contributed by atoms with E-state index in [1.54, 1.807) is 0 Å². The molecule has 1 fully saturated rings. The van der Waals surface area contributed by atoms with Crippen LogP contribution < -0.4 is 10.1 Å². The van der Waals surface area contributed by atoms with Crippen LogP contribution in [0, 0.1) is 6.92 Å². The largest absolute Gasteiger partial charge is 0.481 e. The number of rotatable bonds is 7. The Bertz CT molecular complexity index is 721. The van der Waals surface area contributed by atoms with Gasteiger partial charge in [0.05, 0.1) is 0 Å². The maximum absolute atomic E-state index is 12.8. The summed E-state index contributed by atoms with van der Waals surface area (Å²) < 4.78 is 11.5. The molecule has 144 valence electrons. The first-order valence-electron chi connectivity index (χ1n) is 9.77. The van der Waals surface area contributed by atoms with E-state index < -0.39 is 6.10 Å².